The van der Waals surface area contributed by atoms with Crippen molar-refractivity contribution in [2.75, 3.05) is 5.75 Å². The number of nitrogens with two attached hydrogens (primary N) is 1. The molecule has 1 saturated carbocycles. The van der Waals surface area contributed by atoms with Crippen molar-refractivity contribution in [2.45, 2.75) is 57.1 Å². The molecule has 0 radical (unpaired) electrons. The molecule has 1 aliphatic carbocycles. The summed E-state index contributed by atoms with van der Waals surface area (Å²) >= 11 is 3.99. The van der Waals surface area contributed by atoms with Crippen LogP contribution in [-0.2, 0) is 9.53 Å². The Morgan fingerprint density at radius 2 is 1.80 bits per heavy atom. The van der Waals surface area contributed by atoms with Gasteiger partial charge in [0.2, 0.25) is 0 Å². The van der Waals surface area contributed by atoms with Crippen LogP contribution < -0.4 is 5.73 Å². The standard InChI is InChI=1S/C11H21NO2S/c12-10(8-15)11(13)14-9-6-4-2-1-3-5-7-9/h9-10,15H,1-8,12H2. The van der Waals surface area contributed by atoms with Gasteiger partial charge in [-0.05, 0) is 25.7 Å². The van der Waals surface area contributed by atoms with Crippen LogP contribution in [0.2, 0.25) is 0 Å². The van der Waals surface area contributed by atoms with E-state index in [1.165, 1.54) is 19.3 Å². The normalized spacial score (nSPS) is 21.5. The third-order valence-electron chi connectivity index (χ3n) is 2.83. The molecule has 88 valence electrons. The molecule has 3 nitrogen and oxygen atoms in total. The van der Waals surface area contributed by atoms with E-state index in [4.69, 9.17) is 10.5 Å². The van der Waals surface area contributed by atoms with Gasteiger partial charge in [0, 0.05) is 5.75 Å². The van der Waals surface area contributed by atoms with Crippen LogP contribution in [-0.4, -0.2) is 23.9 Å². The molecular formula is C11H21NO2S. The first kappa shape index (κ1) is 12.8. The van der Waals surface area contributed by atoms with Crippen LogP contribution in [0.5, 0.6) is 0 Å². The minimum atomic E-state index is -0.571. The first-order valence-electron chi connectivity index (χ1n) is 5.81. The van der Waals surface area contributed by atoms with Crippen LogP contribution in [0, 0.1) is 0 Å². The molecule has 1 rings (SSSR count). The van der Waals surface area contributed by atoms with Gasteiger partial charge in [-0.2, -0.15) is 12.6 Å². The van der Waals surface area contributed by atoms with Crippen LogP contribution in [0.4, 0.5) is 0 Å². The zero-order valence-corrected chi connectivity index (χ0v) is 10.0. The Morgan fingerprint density at radius 1 is 1.27 bits per heavy atom. The molecule has 1 aliphatic rings. The molecule has 1 fully saturated rings. The largest absolute Gasteiger partial charge is 0.461 e. The number of rotatable bonds is 3. The minimum absolute atomic E-state index is 0.0868. The lowest BCUT2D eigenvalue weighted by molar-refractivity contribution is -0.151. The molecule has 0 aromatic carbocycles. The van der Waals surface area contributed by atoms with E-state index in [-0.39, 0.29) is 12.1 Å². The highest BCUT2D eigenvalue weighted by atomic mass is 32.1. The summed E-state index contributed by atoms with van der Waals surface area (Å²) in [6, 6.07) is -0.571. The maximum Gasteiger partial charge on any atom is 0.324 e. The van der Waals surface area contributed by atoms with Crippen molar-refractivity contribution in [3.8, 4) is 0 Å². The fourth-order valence-corrected chi connectivity index (χ4v) is 2.01. The topological polar surface area (TPSA) is 52.3 Å². The van der Waals surface area contributed by atoms with Gasteiger partial charge in [-0.15, -0.1) is 0 Å². The Kier molecular flexibility index (Phi) is 6.10. The van der Waals surface area contributed by atoms with Crippen molar-refractivity contribution < 1.29 is 9.53 Å². The van der Waals surface area contributed by atoms with E-state index < -0.39 is 6.04 Å². The summed E-state index contributed by atoms with van der Waals surface area (Å²) in [6.45, 7) is 0. The fraction of sp³-hybridized carbons (Fsp3) is 0.909. The molecule has 0 spiro atoms. The summed E-state index contributed by atoms with van der Waals surface area (Å²) in [5.41, 5.74) is 5.55. The first-order valence-corrected chi connectivity index (χ1v) is 6.44. The second-order valence-corrected chi connectivity index (χ2v) is 4.56. The molecule has 0 amide bonds. The zero-order chi connectivity index (χ0) is 11.1. The lowest BCUT2D eigenvalue weighted by Gasteiger charge is -2.21. The third kappa shape index (κ3) is 4.89. The van der Waals surface area contributed by atoms with Crippen LogP contribution in [0.25, 0.3) is 0 Å². The SMILES string of the molecule is NC(CS)C(=O)OC1CCCCCCC1. The van der Waals surface area contributed by atoms with Gasteiger partial charge in [0.15, 0.2) is 0 Å². The van der Waals surface area contributed by atoms with Gasteiger partial charge in [0.1, 0.15) is 12.1 Å². The molecule has 1 atom stereocenters. The van der Waals surface area contributed by atoms with Gasteiger partial charge >= 0.3 is 5.97 Å². The fourth-order valence-electron chi connectivity index (χ4n) is 1.86. The Bertz CT molecular complexity index is 191. The third-order valence-corrected chi connectivity index (χ3v) is 3.23. The zero-order valence-electron chi connectivity index (χ0n) is 9.15. The van der Waals surface area contributed by atoms with E-state index in [2.05, 4.69) is 12.6 Å². The molecule has 15 heavy (non-hydrogen) atoms. The van der Waals surface area contributed by atoms with Crippen molar-refractivity contribution in [2.24, 2.45) is 5.73 Å². The van der Waals surface area contributed by atoms with E-state index >= 15 is 0 Å². The Hall–Kier alpha value is -0.220. The monoisotopic (exact) mass is 231 g/mol. The van der Waals surface area contributed by atoms with Crippen molar-refractivity contribution in [1.29, 1.82) is 0 Å². The maximum absolute atomic E-state index is 11.4. The van der Waals surface area contributed by atoms with E-state index in [1.54, 1.807) is 0 Å². The molecule has 0 saturated heterocycles. The van der Waals surface area contributed by atoms with Crippen molar-refractivity contribution >= 4 is 18.6 Å². The second-order valence-electron chi connectivity index (χ2n) is 4.19. The number of ether oxygens (including phenoxy) is 1. The summed E-state index contributed by atoms with van der Waals surface area (Å²) in [7, 11) is 0. The van der Waals surface area contributed by atoms with Crippen LogP contribution in [0.15, 0.2) is 0 Å². The van der Waals surface area contributed by atoms with Crippen LogP contribution in [0.3, 0.4) is 0 Å². The Balaban J connectivity index is 2.31. The van der Waals surface area contributed by atoms with Gasteiger partial charge in [0.25, 0.3) is 0 Å². The van der Waals surface area contributed by atoms with E-state index in [0.29, 0.717) is 5.75 Å². The quantitative estimate of drug-likeness (QED) is 0.576. The van der Waals surface area contributed by atoms with Crippen molar-refractivity contribution in [3.63, 3.8) is 0 Å². The van der Waals surface area contributed by atoms with Gasteiger partial charge in [-0.25, -0.2) is 0 Å². The van der Waals surface area contributed by atoms with E-state index in [9.17, 15) is 4.79 Å². The molecular weight excluding hydrogens is 210 g/mol. The van der Waals surface area contributed by atoms with Crippen LogP contribution in [0.1, 0.15) is 44.9 Å². The predicted octanol–water partition coefficient (Wildman–Crippen LogP) is 1.90. The number of carbonyl (C=O) groups excluding carboxylic acids is 1. The predicted molar refractivity (Wildman–Crippen MR) is 64.0 cm³/mol. The molecule has 0 heterocycles. The number of carbonyl (C=O) groups is 1. The summed E-state index contributed by atoms with van der Waals surface area (Å²) in [6.07, 6.45) is 8.22. The number of thiol groups is 1. The highest BCUT2D eigenvalue weighted by molar-refractivity contribution is 7.80. The van der Waals surface area contributed by atoms with Crippen molar-refractivity contribution in [1.82, 2.24) is 0 Å². The molecule has 2 N–H and O–H groups in total. The highest BCUT2D eigenvalue weighted by Gasteiger charge is 2.19. The lowest BCUT2D eigenvalue weighted by atomic mass is 9.98. The van der Waals surface area contributed by atoms with Gasteiger partial charge in [-0.3, -0.25) is 4.79 Å². The molecule has 1 unspecified atom stereocenters. The summed E-state index contributed by atoms with van der Waals surface area (Å²) in [4.78, 5) is 11.4. The average Bonchev–Trinajstić information content (AvgIpc) is 2.20. The van der Waals surface area contributed by atoms with Crippen LogP contribution >= 0.6 is 12.6 Å². The lowest BCUT2D eigenvalue weighted by Crippen LogP contribution is -2.36. The average molecular weight is 231 g/mol. The van der Waals surface area contributed by atoms with Gasteiger partial charge < -0.3 is 10.5 Å². The Labute approximate surface area is 97.2 Å². The molecule has 0 aliphatic heterocycles. The van der Waals surface area contributed by atoms with Crippen molar-refractivity contribution in [3.05, 3.63) is 0 Å². The maximum atomic E-state index is 11.4. The smallest absolute Gasteiger partial charge is 0.324 e. The molecule has 0 bridgehead atoms. The van der Waals surface area contributed by atoms with E-state index in [1.807, 2.05) is 0 Å². The van der Waals surface area contributed by atoms with Gasteiger partial charge in [0.05, 0.1) is 0 Å². The van der Waals surface area contributed by atoms with Gasteiger partial charge in [-0.1, -0.05) is 19.3 Å². The summed E-state index contributed by atoms with van der Waals surface area (Å²) in [5.74, 6) is 0.0570. The number of hydrogen-bond acceptors (Lipinski definition) is 4. The minimum Gasteiger partial charge on any atom is -0.461 e. The molecule has 0 aromatic heterocycles. The number of esters is 1. The Morgan fingerprint density at radius 3 is 2.33 bits per heavy atom. The summed E-state index contributed by atoms with van der Waals surface area (Å²) in [5, 5.41) is 0. The number of hydrogen-bond donors (Lipinski definition) is 2. The first-order chi connectivity index (χ1) is 7.24. The molecule has 4 heteroatoms. The van der Waals surface area contributed by atoms with E-state index in [0.717, 1.165) is 25.7 Å². The summed E-state index contributed by atoms with van der Waals surface area (Å²) < 4.78 is 5.37. The molecule has 0 aromatic rings. The highest BCUT2D eigenvalue weighted by Crippen LogP contribution is 2.19. The second kappa shape index (κ2) is 7.12.